The lowest BCUT2D eigenvalue weighted by atomic mass is 10.2. The molecule has 1 aliphatic heterocycles. The van der Waals surface area contributed by atoms with Crippen molar-refractivity contribution < 1.29 is 4.79 Å². The third kappa shape index (κ3) is 4.95. The second-order valence-corrected chi connectivity index (χ2v) is 7.36. The van der Waals surface area contributed by atoms with Crippen LogP contribution in [0.3, 0.4) is 0 Å². The lowest BCUT2D eigenvalue weighted by molar-refractivity contribution is 0.102. The van der Waals surface area contributed by atoms with E-state index in [0.29, 0.717) is 5.56 Å². The topological polar surface area (TPSA) is 47.6 Å². The molecule has 1 amide bonds. The number of likely N-dealkylation sites (N-methyl/N-ethyl adjacent to an activating group) is 1. The SMILES string of the molecule is CN1CCN(c2ccc(Nc3ccc(NC(=O)c4ccccc4)cc3)cc2)CC1. The summed E-state index contributed by atoms with van der Waals surface area (Å²) in [6.07, 6.45) is 0. The van der Waals surface area contributed by atoms with Gasteiger partial charge >= 0.3 is 0 Å². The normalized spacial score (nSPS) is 14.4. The Morgan fingerprint density at radius 2 is 1.28 bits per heavy atom. The average Bonchev–Trinajstić information content (AvgIpc) is 2.77. The zero-order valence-electron chi connectivity index (χ0n) is 16.6. The van der Waals surface area contributed by atoms with Crippen molar-refractivity contribution in [2.45, 2.75) is 0 Å². The fourth-order valence-electron chi connectivity index (χ4n) is 3.42. The largest absolute Gasteiger partial charge is 0.369 e. The van der Waals surface area contributed by atoms with Crippen LogP contribution in [0.25, 0.3) is 0 Å². The van der Waals surface area contributed by atoms with Gasteiger partial charge < -0.3 is 20.4 Å². The highest BCUT2D eigenvalue weighted by molar-refractivity contribution is 6.04. The van der Waals surface area contributed by atoms with Crippen molar-refractivity contribution in [2.75, 3.05) is 48.8 Å². The maximum Gasteiger partial charge on any atom is 0.255 e. The number of benzene rings is 3. The molecule has 1 aliphatic rings. The lowest BCUT2D eigenvalue weighted by Gasteiger charge is -2.34. The second kappa shape index (κ2) is 8.80. The van der Waals surface area contributed by atoms with Crippen LogP contribution in [0.1, 0.15) is 10.4 Å². The summed E-state index contributed by atoms with van der Waals surface area (Å²) in [4.78, 5) is 17.0. The van der Waals surface area contributed by atoms with Crippen molar-refractivity contribution in [1.82, 2.24) is 4.90 Å². The Hall–Kier alpha value is -3.31. The van der Waals surface area contributed by atoms with Gasteiger partial charge in [-0.05, 0) is 67.7 Å². The third-order valence-electron chi connectivity index (χ3n) is 5.20. The Bertz CT molecular complexity index is 931. The highest BCUT2D eigenvalue weighted by Gasteiger charge is 2.14. The van der Waals surface area contributed by atoms with Crippen LogP contribution in [-0.4, -0.2) is 44.0 Å². The van der Waals surface area contributed by atoms with Crippen LogP contribution in [0.2, 0.25) is 0 Å². The summed E-state index contributed by atoms with van der Waals surface area (Å²) in [5.41, 5.74) is 4.71. The van der Waals surface area contributed by atoms with E-state index in [-0.39, 0.29) is 5.91 Å². The maximum absolute atomic E-state index is 12.2. The van der Waals surface area contributed by atoms with Crippen LogP contribution in [-0.2, 0) is 0 Å². The van der Waals surface area contributed by atoms with Gasteiger partial charge in [-0.15, -0.1) is 0 Å². The summed E-state index contributed by atoms with van der Waals surface area (Å²) in [6.45, 7) is 4.35. The van der Waals surface area contributed by atoms with Gasteiger partial charge in [0.1, 0.15) is 0 Å². The van der Waals surface area contributed by atoms with Crippen molar-refractivity contribution in [1.29, 1.82) is 0 Å². The fraction of sp³-hybridized carbons (Fsp3) is 0.208. The smallest absolute Gasteiger partial charge is 0.255 e. The molecule has 29 heavy (non-hydrogen) atoms. The van der Waals surface area contributed by atoms with Crippen LogP contribution in [0, 0.1) is 0 Å². The molecule has 4 rings (SSSR count). The number of nitrogens with one attached hydrogen (secondary N) is 2. The molecule has 1 fully saturated rings. The van der Waals surface area contributed by atoms with E-state index in [0.717, 1.165) is 43.2 Å². The van der Waals surface area contributed by atoms with E-state index in [1.165, 1.54) is 5.69 Å². The quantitative estimate of drug-likeness (QED) is 0.681. The van der Waals surface area contributed by atoms with Crippen molar-refractivity contribution in [3.8, 4) is 0 Å². The average molecular weight is 386 g/mol. The van der Waals surface area contributed by atoms with Gasteiger partial charge in [0.2, 0.25) is 0 Å². The number of hydrogen-bond acceptors (Lipinski definition) is 4. The zero-order chi connectivity index (χ0) is 20.1. The van der Waals surface area contributed by atoms with Crippen LogP contribution >= 0.6 is 0 Å². The number of piperazine rings is 1. The van der Waals surface area contributed by atoms with E-state index < -0.39 is 0 Å². The molecule has 3 aromatic rings. The summed E-state index contributed by atoms with van der Waals surface area (Å²) in [5, 5.41) is 6.33. The van der Waals surface area contributed by atoms with Gasteiger partial charge in [-0.3, -0.25) is 4.79 Å². The predicted octanol–water partition coefficient (Wildman–Crippen LogP) is 4.43. The minimum Gasteiger partial charge on any atom is -0.369 e. The van der Waals surface area contributed by atoms with Crippen LogP contribution in [0.15, 0.2) is 78.9 Å². The molecule has 5 nitrogen and oxygen atoms in total. The fourth-order valence-corrected chi connectivity index (χ4v) is 3.42. The van der Waals surface area contributed by atoms with E-state index >= 15 is 0 Å². The van der Waals surface area contributed by atoms with Crippen LogP contribution in [0.5, 0.6) is 0 Å². The number of rotatable bonds is 5. The number of nitrogens with zero attached hydrogens (tertiary/aromatic N) is 2. The number of amides is 1. The molecular weight excluding hydrogens is 360 g/mol. The first-order chi connectivity index (χ1) is 14.2. The molecule has 0 spiro atoms. The Balaban J connectivity index is 1.34. The van der Waals surface area contributed by atoms with Crippen molar-refractivity contribution in [3.05, 3.63) is 84.4 Å². The minimum absolute atomic E-state index is 0.106. The molecule has 0 aromatic heterocycles. The van der Waals surface area contributed by atoms with Gasteiger partial charge in [0, 0.05) is 54.5 Å². The monoisotopic (exact) mass is 386 g/mol. The number of hydrogen-bond donors (Lipinski definition) is 2. The summed E-state index contributed by atoms with van der Waals surface area (Å²) < 4.78 is 0. The molecular formula is C24H26N4O. The Morgan fingerprint density at radius 3 is 1.90 bits per heavy atom. The van der Waals surface area contributed by atoms with Crippen molar-refractivity contribution in [3.63, 3.8) is 0 Å². The van der Waals surface area contributed by atoms with Crippen LogP contribution < -0.4 is 15.5 Å². The highest BCUT2D eigenvalue weighted by atomic mass is 16.1. The van der Waals surface area contributed by atoms with E-state index in [9.17, 15) is 4.79 Å². The molecule has 148 valence electrons. The molecule has 1 saturated heterocycles. The molecule has 2 N–H and O–H groups in total. The first kappa shape index (κ1) is 19.0. The molecule has 0 bridgehead atoms. The predicted molar refractivity (Wildman–Crippen MR) is 120 cm³/mol. The minimum atomic E-state index is -0.106. The standard InChI is InChI=1S/C24H26N4O/c1-27-15-17-28(18-16-27)23-13-11-21(12-14-23)25-20-7-9-22(10-8-20)26-24(29)19-5-3-2-4-6-19/h2-14,25H,15-18H2,1H3,(H,26,29). The van der Waals surface area contributed by atoms with E-state index in [1.807, 2.05) is 42.5 Å². The van der Waals surface area contributed by atoms with Gasteiger partial charge in [0.15, 0.2) is 0 Å². The van der Waals surface area contributed by atoms with Gasteiger partial charge in [-0.1, -0.05) is 18.2 Å². The number of carbonyl (C=O) groups is 1. The maximum atomic E-state index is 12.2. The Morgan fingerprint density at radius 1 is 0.724 bits per heavy atom. The van der Waals surface area contributed by atoms with Gasteiger partial charge in [0.05, 0.1) is 0 Å². The molecule has 0 aliphatic carbocycles. The van der Waals surface area contributed by atoms with Gasteiger partial charge in [-0.25, -0.2) is 0 Å². The molecule has 0 radical (unpaired) electrons. The first-order valence-electron chi connectivity index (χ1n) is 9.94. The molecule has 0 unspecified atom stereocenters. The van der Waals surface area contributed by atoms with Crippen LogP contribution in [0.4, 0.5) is 22.7 Å². The Kier molecular flexibility index (Phi) is 5.77. The molecule has 1 heterocycles. The highest BCUT2D eigenvalue weighted by Crippen LogP contribution is 2.23. The number of anilines is 4. The summed E-state index contributed by atoms with van der Waals surface area (Å²) in [6, 6.07) is 25.5. The third-order valence-corrected chi connectivity index (χ3v) is 5.20. The summed E-state index contributed by atoms with van der Waals surface area (Å²) in [5.74, 6) is -0.106. The van der Waals surface area contributed by atoms with Gasteiger partial charge in [0.25, 0.3) is 5.91 Å². The summed E-state index contributed by atoms with van der Waals surface area (Å²) in [7, 11) is 2.17. The Labute approximate surface area is 172 Å². The lowest BCUT2D eigenvalue weighted by Crippen LogP contribution is -2.44. The first-order valence-corrected chi connectivity index (χ1v) is 9.94. The number of carbonyl (C=O) groups excluding carboxylic acids is 1. The summed E-state index contributed by atoms with van der Waals surface area (Å²) >= 11 is 0. The molecule has 5 heteroatoms. The van der Waals surface area contributed by atoms with E-state index in [4.69, 9.17) is 0 Å². The molecule has 0 saturated carbocycles. The second-order valence-electron chi connectivity index (χ2n) is 7.36. The van der Waals surface area contributed by atoms with Gasteiger partial charge in [-0.2, -0.15) is 0 Å². The van der Waals surface area contributed by atoms with Crippen molar-refractivity contribution >= 4 is 28.7 Å². The van der Waals surface area contributed by atoms with E-state index in [1.54, 1.807) is 12.1 Å². The molecule has 3 aromatic carbocycles. The van der Waals surface area contributed by atoms with Crippen molar-refractivity contribution in [2.24, 2.45) is 0 Å². The zero-order valence-corrected chi connectivity index (χ0v) is 16.6. The molecule has 0 atom stereocenters. The van der Waals surface area contributed by atoms with E-state index in [2.05, 4.69) is 51.7 Å².